The Morgan fingerprint density at radius 3 is 2.38 bits per heavy atom. The molecular formula is C18H14BrFN2O2. The van der Waals surface area contributed by atoms with Gasteiger partial charge in [-0.2, -0.15) is 0 Å². The molecule has 0 fully saturated rings. The van der Waals surface area contributed by atoms with Crippen LogP contribution in [0.2, 0.25) is 0 Å². The van der Waals surface area contributed by atoms with E-state index >= 15 is 0 Å². The molecule has 1 aromatic heterocycles. The number of pyridine rings is 1. The van der Waals surface area contributed by atoms with Crippen LogP contribution in [0.4, 0.5) is 15.8 Å². The van der Waals surface area contributed by atoms with Crippen molar-refractivity contribution in [2.45, 2.75) is 6.61 Å². The molecule has 0 radical (unpaired) electrons. The van der Waals surface area contributed by atoms with Crippen molar-refractivity contribution in [1.82, 2.24) is 4.98 Å². The van der Waals surface area contributed by atoms with Crippen molar-refractivity contribution >= 4 is 27.3 Å². The first-order chi connectivity index (χ1) is 11.7. The second-order valence-electron chi connectivity index (χ2n) is 4.96. The van der Waals surface area contributed by atoms with Gasteiger partial charge in [0.2, 0.25) is 0 Å². The number of aromatic nitrogens is 1. The third-order valence-corrected chi connectivity index (χ3v) is 3.90. The molecule has 3 aromatic rings. The lowest BCUT2D eigenvalue weighted by Crippen LogP contribution is -2.02. The number of aliphatic hydroxyl groups is 1. The molecule has 0 aliphatic heterocycles. The molecule has 2 N–H and O–H groups in total. The van der Waals surface area contributed by atoms with Gasteiger partial charge in [0.15, 0.2) is 5.82 Å². The average Bonchev–Trinajstić information content (AvgIpc) is 2.61. The summed E-state index contributed by atoms with van der Waals surface area (Å²) in [6, 6.07) is 16.6. The van der Waals surface area contributed by atoms with E-state index in [0.29, 0.717) is 15.9 Å². The smallest absolute Gasteiger partial charge is 0.171 e. The fraction of sp³-hybridized carbons (Fsp3) is 0.0556. The number of anilines is 2. The lowest BCUT2D eigenvalue weighted by atomic mass is 10.2. The average molecular weight is 389 g/mol. The van der Waals surface area contributed by atoms with Crippen LogP contribution in [0.3, 0.4) is 0 Å². The van der Waals surface area contributed by atoms with Crippen LogP contribution in [0.5, 0.6) is 11.5 Å². The molecule has 0 unspecified atom stereocenters. The van der Waals surface area contributed by atoms with E-state index in [4.69, 9.17) is 9.84 Å². The van der Waals surface area contributed by atoms with Crippen molar-refractivity contribution < 1.29 is 14.2 Å². The molecular weight excluding hydrogens is 375 g/mol. The van der Waals surface area contributed by atoms with Crippen LogP contribution in [0.1, 0.15) is 5.69 Å². The fourth-order valence-electron chi connectivity index (χ4n) is 2.11. The Hall–Kier alpha value is -2.44. The molecule has 122 valence electrons. The molecule has 6 heteroatoms. The van der Waals surface area contributed by atoms with Crippen molar-refractivity contribution in [3.05, 3.63) is 76.8 Å². The minimum Gasteiger partial charge on any atom is -0.457 e. The van der Waals surface area contributed by atoms with Gasteiger partial charge in [-0.05, 0) is 52.3 Å². The van der Waals surface area contributed by atoms with Gasteiger partial charge in [-0.15, -0.1) is 0 Å². The molecule has 0 saturated heterocycles. The Labute approximate surface area is 147 Å². The molecule has 0 amide bonds. The fourth-order valence-corrected chi connectivity index (χ4v) is 2.48. The van der Waals surface area contributed by atoms with Gasteiger partial charge in [-0.1, -0.05) is 18.2 Å². The van der Waals surface area contributed by atoms with Crippen LogP contribution in [0.15, 0.2) is 65.3 Å². The molecule has 1 heterocycles. The topological polar surface area (TPSA) is 54.4 Å². The summed E-state index contributed by atoms with van der Waals surface area (Å²) in [5.41, 5.74) is 0.903. The largest absolute Gasteiger partial charge is 0.457 e. The van der Waals surface area contributed by atoms with Gasteiger partial charge in [-0.25, -0.2) is 4.39 Å². The predicted octanol–water partition coefficient (Wildman–Crippen LogP) is 5.01. The lowest BCUT2D eigenvalue weighted by molar-refractivity contribution is 0.270. The summed E-state index contributed by atoms with van der Waals surface area (Å²) < 4.78 is 20.4. The monoisotopic (exact) mass is 388 g/mol. The number of halogens is 2. The van der Waals surface area contributed by atoms with E-state index in [1.165, 1.54) is 6.20 Å². The zero-order valence-corrected chi connectivity index (χ0v) is 14.1. The summed E-state index contributed by atoms with van der Waals surface area (Å²) in [6.45, 7) is -0.461. The van der Waals surface area contributed by atoms with Crippen molar-refractivity contribution in [3.8, 4) is 11.5 Å². The number of hydrogen-bond acceptors (Lipinski definition) is 4. The van der Waals surface area contributed by atoms with E-state index in [0.717, 1.165) is 5.75 Å². The van der Waals surface area contributed by atoms with E-state index in [-0.39, 0.29) is 11.4 Å². The molecule has 0 bridgehead atoms. The number of rotatable bonds is 5. The van der Waals surface area contributed by atoms with E-state index in [1.807, 2.05) is 30.3 Å². The highest BCUT2D eigenvalue weighted by Gasteiger charge is 2.13. The normalized spacial score (nSPS) is 10.5. The third-order valence-electron chi connectivity index (χ3n) is 3.30. The van der Waals surface area contributed by atoms with E-state index in [1.54, 1.807) is 24.3 Å². The van der Waals surface area contributed by atoms with Gasteiger partial charge in [0.25, 0.3) is 0 Å². The van der Waals surface area contributed by atoms with Crippen LogP contribution in [-0.2, 0) is 6.61 Å². The van der Waals surface area contributed by atoms with Crippen LogP contribution < -0.4 is 10.1 Å². The Balaban J connectivity index is 1.77. The SMILES string of the molecule is OCc1ncc(Br)c(Nc2ccc(Oc3ccccc3)cc2)c1F. The van der Waals surface area contributed by atoms with Gasteiger partial charge in [0.05, 0.1) is 16.8 Å². The Morgan fingerprint density at radius 1 is 1.04 bits per heavy atom. The van der Waals surface area contributed by atoms with Crippen molar-refractivity contribution in [3.63, 3.8) is 0 Å². The first-order valence-corrected chi connectivity index (χ1v) is 8.00. The third kappa shape index (κ3) is 3.72. The molecule has 4 nitrogen and oxygen atoms in total. The van der Waals surface area contributed by atoms with Crippen LogP contribution in [0, 0.1) is 5.82 Å². The van der Waals surface area contributed by atoms with Gasteiger partial charge < -0.3 is 15.2 Å². The standard InChI is InChI=1S/C18H14BrFN2O2/c19-15-10-21-16(11-23)17(20)18(15)22-12-6-8-14(9-7-12)24-13-4-2-1-3-5-13/h1-10,23H,11H2,(H,21,22). The maximum absolute atomic E-state index is 14.2. The molecule has 3 rings (SSSR count). The van der Waals surface area contributed by atoms with Crippen molar-refractivity contribution in [2.24, 2.45) is 0 Å². The summed E-state index contributed by atoms with van der Waals surface area (Å²) >= 11 is 3.26. The lowest BCUT2D eigenvalue weighted by Gasteiger charge is -2.12. The zero-order valence-electron chi connectivity index (χ0n) is 12.5. The van der Waals surface area contributed by atoms with Crippen LogP contribution >= 0.6 is 15.9 Å². The number of nitrogens with zero attached hydrogens (tertiary/aromatic N) is 1. The minimum atomic E-state index is -0.587. The van der Waals surface area contributed by atoms with E-state index < -0.39 is 12.4 Å². The molecule has 0 atom stereocenters. The number of para-hydroxylation sites is 1. The number of hydrogen-bond donors (Lipinski definition) is 2. The summed E-state index contributed by atoms with van der Waals surface area (Å²) in [6.07, 6.45) is 1.45. The summed E-state index contributed by atoms with van der Waals surface area (Å²) in [5, 5.41) is 12.1. The summed E-state index contributed by atoms with van der Waals surface area (Å²) in [4.78, 5) is 3.83. The number of nitrogens with one attached hydrogen (secondary N) is 1. The second-order valence-corrected chi connectivity index (χ2v) is 5.82. The molecule has 2 aromatic carbocycles. The van der Waals surface area contributed by atoms with Gasteiger partial charge in [-0.3, -0.25) is 4.98 Å². The van der Waals surface area contributed by atoms with Gasteiger partial charge in [0, 0.05) is 11.9 Å². The van der Waals surface area contributed by atoms with Crippen molar-refractivity contribution in [2.75, 3.05) is 5.32 Å². The van der Waals surface area contributed by atoms with Gasteiger partial charge in [0.1, 0.15) is 17.2 Å². The molecule has 0 saturated carbocycles. The second kappa shape index (κ2) is 7.42. The first kappa shape index (κ1) is 16.4. The molecule has 0 aliphatic carbocycles. The van der Waals surface area contributed by atoms with E-state index in [2.05, 4.69) is 26.2 Å². The highest BCUT2D eigenvalue weighted by atomic mass is 79.9. The zero-order chi connectivity index (χ0) is 16.9. The Bertz CT molecular complexity index is 826. The number of benzene rings is 2. The molecule has 24 heavy (non-hydrogen) atoms. The maximum Gasteiger partial charge on any atom is 0.171 e. The maximum atomic E-state index is 14.2. The minimum absolute atomic E-state index is 0.00951. The van der Waals surface area contributed by atoms with Crippen LogP contribution in [0.25, 0.3) is 0 Å². The van der Waals surface area contributed by atoms with Gasteiger partial charge >= 0.3 is 0 Å². The quantitative estimate of drug-likeness (QED) is 0.644. The Morgan fingerprint density at radius 2 is 1.71 bits per heavy atom. The Kier molecular flexibility index (Phi) is 5.08. The summed E-state index contributed by atoms with van der Waals surface area (Å²) in [7, 11) is 0. The van der Waals surface area contributed by atoms with E-state index in [9.17, 15) is 4.39 Å². The highest BCUT2D eigenvalue weighted by Crippen LogP contribution is 2.30. The van der Waals surface area contributed by atoms with Crippen LogP contribution in [-0.4, -0.2) is 10.1 Å². The first-order valence-electron chi connectivity index (χ1n) is 7.21. The molecule has 0 spiro atoms. The number of ether oxygens (including phenoxy) is 1. The summed E-state index contributed by atoms with van der Waals surface area (Å²) in [5.74, 6) is 0.835. The van der Waals surface area contributed by atoms with Crippen molar-refractivity contribution in [1.29, 1.82) is 0 Å². The predicted molar refractivity (Wildman–Crippen MR) is 94.1 cm³/mol. The number of aliphatic hydroxyl groups excluding tert-OH is 1. The molecule has 0 aliphatic rings. The highest BCUT2D eigenvalue weighted by molar-refractivity contribution is 9.10.